The first-order valence-corrected chi connectivity index (χ1v) is 9.79. The van der Waals surface area contributed by atoms with E-state index in [-0.39, 0.29) is 21.7 Å². The Balaban J connectivity index is 2.30. The van der Waals surface area contributed by atoms with Crippen molar-refractivity contribution >= 4 is 0 Å². The fraction of sp³-hybridized carbons (Fsp3) is 0.652. The molecule has 0 aromatic carbocycles. The molecular weight excluding hydrogens is 332 g/mol. The quantitative estimate of drug-likeness (QED) is 0.714. The summed E-state index contributed by atoms with van der Waals surface area (Å²) in [6, 6.07) is 2.16. The summed E-state index contributed by atoms with van der Waals surface area (Å²) >= 11 is 0. The van der Waals surface area contributed by atoms with Gasteiger partial charge in [0.2, 0.25) is 0 Å². The molecule has 2 aromatic heterocycles. The van der Waals surface area contributed by atoms with Gasteiger partial charge >= 0.3 is 0 Å². The summed E-state index contributed by atoms with van der Waals surface area (Å²) in [7, 11) is 0. The summed E-state index contributed by atoms with van der Waals surface area (Å²) in [5.41, 5.74) is 3.15. The first kappa shape index (κ1) is 21.5. The standard InChI is InChI=1S/C23H36N4/c1-20(2,3)17-11-18(27-15-26-17)23(9,10)14-22(7,8)16-12-24-19(25-13-16)21(4,5)6/h11-13,15H,14H2,1-10H3. The number of rotatable bonds is 4. The molecule has 2 aromatic rings. The molecule has 0 amide bonds. The SMILES string of the molecule is CC(C)(C)c1cc(C(C)(C)CC(C)(C)c2cnc(C(C)(C)C)nc2)ncn1. The topological polar surface area (TPSA) is 51.6 Å². The van der Waals surface area contributed by atoms with Crippen molar-refractivity contribution in [2.45, 2.75) is 97.3 Å². The predicted molar refractivity (Wildman–Crippen MR) is 112 cm³/mol. The Hall–Kier alpha value is -1.84. The van der Waals surface area contributed by atoms with Crippen molar-refractivity contribution in [3.63, 3.8) is 0 Å². The van der Waals surface area contributed by atoms with E-state index >= 15 is 0 Å². The second kappa shape index (κ2) is 6.96. The molecule has 27 heavy (non-hydrogen) atoms. The summed E-state index contributed by atoms with van der Waals surface area (Å²) in [5, 5.41) is 0. The van der Waals surface area contributed by atoms with Crippen LogP contribution in [0.3, 0.4) is 0 Å². The maximum Gasteiger partial charge on any atom is 0.133 e. The lowest BCUT2D eigenvalue weighted by molar-refractivity contribution is 0.339. The van der Waals surface area contributed by atoms with Gasteiger partial charge in [0.25, 0.3) is 0 Å². The first-order chi connectivity index (χ1) is 12.1. The van der Waals surface area contributed by atoms with Gasteiger partial charge in [-0.25, -0.2) is 19.9 Å². The van der Waals surface area contributed by atoms with E-state index < -0.39 is 0 Å². The van der Waals surface area contributed by atoms with Crippen molar-refractivity contribution in [2.24, 2.45) is 0 Å². The van der Waals surface area contributed by atoms with Crippen LogP contribution < -0.4 is 0 Å². The zero-order valence-electron chi connectivity index (χ0n) is 18.8. The molecule has 2 heterocycles. The van der Waals surface area contributed by atoms with E-state index in [4.69, 9.17) is 0 Å². The normalized spacial score (nSPS) is 13.7. The molecule has 0 bridgehead atoms. The molecule has 0 N–H and O–H groups in total. The Kier molecular flexibility index (Phi) is 5.53. The van der Waals surface area contributed by atoms with E-state index in [1.807, 2.05) is 12.4 Å². The zero-order chi connectivity index (χ0) is 20.7. The predicted octanol–water partition coefficient (Wildman–Crippen LogP) is 5.51. The molecule has 4 heteroatoms. The number of hydrogen-bond donors (Lipinski definition) is 0. The Morgan fingerprint density at radius 1 is 0.630 bits per heavy atom. The van der Waals surface area contributed by atoms with Crippen LogP contribution in [-0.2, 0) is 21.7 Å². The third-order valence-corrected chi connectivity index (χ3v) is 5.12. The van der Waals surface area contributed by atoms with Crippen LogP contribution in [0.2, 0.25) is 0 Å². The number of hydrogen-bond acceptors (Lipinski definition) is 4. The largest absolute Gasteiger partial charge is 0.241 e. The van der Waals surface area contributed by atoms with Gasteiger partial charge in [-0.05, 0) is 23.5 Å². The zero-order valence-corrected chi connectivity index (χ0v) is 18.8. The van der Waals surface area contributed by atoms with Crippen LogP contribution >= 0.6 is 0 Å². The molecule has 2 rings (SSSR count). The third kappa shape index (κ3) is 5.12. The van der Waals surface area contributed by atoms with Crippen LogP contribution in [0.15, 0.2) is 24.8 Å². The van der Waals surface area contributed by atoms with Crippen LogP contribution in [0.4, 0.5) is 0 Å². The van der Waals surface area contributed by atoms with Crippen molar-refractivity contribution in [3.8, 4) is 0 Å². The van der Waals surface area contributed by atoms with Crippen molar-refractivity contribution in [2.75, 3.05) is 0 Å². The van der Waals surface area contributed by atoms with Gasteiger partial charge in [0.05, 0.1) is 0 Å². The van der Waals surface area contributed by atoms with Crippen LogP contribution in [0, 0.1) is 0 Å². The maximum absolute atomic E-state index is 4.63. The van der Waals surface area contributed by atoms with Gasteiger partial charge in [0, 0.05) is 40.0 Å². The van der Waals surface area contributed by atoms with Gasteiger partial charge < -0.3 is 0 Å². The van der Waals surface area contributed by atoms with E-state index in [9.17, 15) is 0 Å². The lowest BCUT2D eigenvalue weighted by atomic mass is 9.70. The second-order valence-corrected chi connectivity index (χ2v) is 11.0. The third-order valence-electron chi connectivity index (χ3n) is 5.12. The summed E-state index contributed by atoms with van der Waals surface area (Å²) in [6.45, 7) is 22.0. The van der Waals surface area contributed by atoms with Gasteiger partial charge in [-0.15, -0.1) is 0 Å². The number of aromatic nitrogens is 4. The van der Waals surface area contributed by atoms with E-state index in [1.54, 1.807) is 6.33 Å². The fourth-order valence-corrected chi connectivity index (χ4v) is 3.50. The van der Waals surface area contributed by atoms with Crippen LogP contribution in [0.5, 0.6) is 0 Å². The minimum absolute atomic E-state index is 0.0138. The second-order valence-electron chi connectivity index (χ2n) is 11.0. The van der Waals surface area contributed by atoms with E-state index in [2.05, 4.69) is 95.2 Å². The highest BCUT2D eigenvalue weighted by Crippen LogP contribution is 2.38. The minimum Gasteiger partial charge on any atom is -0.241 e. The molecule has 0 fully saturated rings. The highest BCUT2D eigenvalue weighted by Gasteiger charge is 2.34. The highest BCUT2D eigenvalue weighted by atomic mass is 14.9. The monoisotopic (exact) mass is 368 g/mol. The lowest BCUT2D eigenvalue weighted by Crippen LogP contribution is -2.31. The summed E-state index contributed by atoms with van der Waals surface area (Å²) in [6.07, 6.45) is 6.62. The molecule has 0 aliphatic heterocycles. The molecule has 0 aliphatic rings. The summed E-state index contributed by atoms with van der Waals surface area (Å²) in [4.78, 5) is 18.3. The van der Waals surface area contributed by atoms with Crippen molar-refractivity contribution in [1.29, 1.82) is 0 Å². The van der Waals surface area contributed by atoms with Gasteiger partial charge in [0.1, 0.15) is 12.2 Å². The Bertz CT molecular complexity index is 775. The molecular formula is C23H36N4. The minimum atomic E-state index is -0.0882. The fourth-order valence-electron chi connectivity index (χ4n) is 3.50. The molecule has 0 atom stereocenters. The van der Waals surface area contributed by atoms with Crippen LogP contribution in [-0.4, -0.2) is 19.9 Å². The molecule has 0 radical (unpaired) electrons. The Morgan fingerprint density at radius 3 is 1.63 bits per heavy atom. The first-order valence-electron chi connectivity index (χ1n) is 9.79. The smallest absolute Gasteiger partial charge is 0.133 e. The summed E-state index contributed by atoms with van der Waals surface area (Å²) < 4.78 is 0. The van der Waals surface area contributed by atoms with Crippen molar-refractivity contribution < 1.29 is 0 Å². The van der Waals surface area contributed by atoms with Crippen LogP contribution in [0.1, 0.15) is 98.4 Å². The van der Waals surface area contributed by atoms with E-state index in [0.29, 0.717) is 0 Å². The highest BCUT2D eigenvalue weighted by molar-refractivity contribution is 5.25. The van der Waals surface area contributed by atoms with Gasteiger partial charge in [-0.3, -0.25) is 0 Å². The molecule has 148 valence electrons. The van der Waals surface area contributed by atoms with E-state index in [0.717, 1.165) is 29.2 Å². The van der Waals surface area contributed by atoms with Crippen molar-refractivity contribution in [1.82, 2.24) is 19.9 Å². The molecule has 0 unspecified atom stereocenters. The molecule has 0 spiro atoms. The van der Waals surface area contributed by atoms with E-state index in [1.165, 1.54) is 0 Å². The summed E-state index contributed by atoms with van der Waals surface area (Å²) in [5.74, 6) is 0.881. The van der Waals surface area contributed by atoms with Gasteiger partial charge in [-0.2, -0.15) is 0 Å². The Labute approximate surface area is 165 Å². The molecule has 0 saturated heterocycles. The van der Waals surface area contributed by atoms with Gasteiger partial charge in [-0.1, -0.05) is 69.2 Å². The average Bonchev–Trinajstić information content (AvgIpc) is 2.52. The molecule has 0 saturated carbocycles. The lowest BCUT2D eigenvalue weighted by Gasteiger charge is -2.35. The molecule has 4 nitrogen and oxygen atoms in total. The van der Waals surface area contributed by atoms with Crippen molar-refractivity contribution in [3.05, 3.63) is 47.6 Å². The Morgan fingerprint density at radius 2 is 1.15 bits per heavy atom. The maximum atomic E-state index is 4.63. The van der Waals surface area contributed by atoms with Crippen LogP contribution in [0.25, 0.3) is 0 Å². The number of nitrogens with zero attached hydrogens (tertiary/aromatic N) is 4. The van der Waals surface area contributed by atoms with Gasteiger partial charge in [0.15, 0.2) is 0 Å². The molecule has 0 aliphatic carbocycles. The average molecular weight is 369 g/mol.